The molecule has 1 saturated heterocycles. The van der Waals surface area contributed by atoms with Crippen LogP contribution in [0.2, 0.25) is 0 Å². The number of benzene rings is 1. The fourth-order valence-electron chi connectivity index (χ4n) is 3.10. The number of nitrogens with two attached hydrogens (primary N) is 1. The van der Waals surface area contributed by atoms with Crippen molar-refractivity contribution in [1.29, 1.82) is 0 Å². The second-order valence-corrected chi connectivity index (χ2v) is 7.68. The van der Waals surface area contributed by atoms with Gasteiger partial charge in [-0.15, -0.1) is 0 Å². The molecule has 1 heterocycles. The van der Waals surface area contributed by atoms with Gasteiger partial charge in [-0.25, -0.2) is 4.79 Å². The van der Waals surface area contributed by atoms with Crippen molar-refractivity contribution >= 4 is 29.8 Å². The molecule has 1 aromatic rings. The van der Waals surface area contributed by atoms with Crippen LogP contribution in [0.15, 0.2) is 24.3 Å². The van der Waals surface area contributed by atoms with Crippen LogP contribution in [0.5, 0.6) is 0 Å². The van der Waals surface area contributed by atoms with E-state index in [1.807, 2.05) is 20.8 Å². The Kier molecular flexibility index (Phi) is 6.10. The molecule has 3 amide bonds. The molecule has 0 atom stereocenters. The number of nitrogens with one attached hydrogen (secondary N) is 1. The number of imide groups is 1. The normalized spacial score (nSPS) is 16.5. The lowest BCUT2D eigenvalue weighted by atomic mass is 9.86. The zero-order valence-corrected chi connectivity index (χ0v) is 16.3. The fourth-order valence-corrected chi connectivity index (χ4v) is 3.10. The molecule has 0 unspecified atom stereocenters. The highest BCUT2D eigenvalue weighted by atomic mass is 16.6. The monoisotopic (exact) mass is 376 g/mol. The Bertz CT molecular complexity index is 706. The number of piperidine rings is 1. The predicted molar refractivity (Wildman–Crippen MR) is 103 cm³/mol. The summed E-state index contributed by atoms with van der Waals surface area (Å²) >= 11 is 0. The van der Waals surface area contributed by atoms with Crippen molar-refractivity contribution in [3.63, 3.8) is 0 Å². The summed E-state index contributed by atoms with van der Waals surface area (Å²) in [5, 5.41) is 3.06. The highest BCUT2D eigenvalue weighted by Crippen LogP contribution is 2.28. The van der Waals surface area contributed by atoms with Gasteiger partial charge in [0, 0.05) is 18.8 Å². The average Bonchev–Trinajstić information content (AvgIpc) is 2.61. The maximum absolute atomic E-state index is 13.2. The van der Waals surface area contributed by atoms with Crippen LogP contribution < -0.4 is 16.0 Å². The predicted octanol–water partition coefficient (Wildman–Crippen LogP) is 1.75. The Balaban J connectivity index is 2.15. The van der Waals surface area contributed by atoms with E-state index in [-0.39, 0.29) is 5.91 Å². The number of nitrogens with zero attached hydrogens (tertiary/aromatic N) is 2. The molecule has 0 aromatic heterocycles. The minimum atomic E-state index is -0.940. The summed E-state index contributed by atoms with van der Waals surface area (Å²) in [6.45, 7) is 6.13. The Morgan fingerprint density at radius 2 is 1.93 bits per heavy atom. The van der Waals surface area contributed by atoms with Crippen LogP contribution >= 0.6 is 0 Å². The molecule has 0 aliphatic carbocycles. The largest absolute Gasteiger partial charge is 0.444 e. The van der Waals surface area contributed by atoms with E-state index >= 15 is 0 Å². The molecule has 8 heteroatoms. The van der Waals surface area contributed by atoms with E-state index in [2.05, 4.69) is 5.32 Å². The molecule has 0 saturated carbocycles. The molecule has 1 aromatic carbocycles. The maximum Gasteiger partial charge on any atom is 0.410 e. The lowest BCUT2D eigenvalue weighted by molar-refractivity contribution is -0.129. The van der Waals surface area contributed by atoms with Crippen LogP contribution in [-0.2, 0) is 14.3 Å². The van der Waals surface area contributed by atoms with Crippen molar-refractivity contribution in [3.05, 3.63) is 24.3 Å². The third-order valence-electron chi connectivity index (χ3n) is 4.63. The van der Waals surface area contributed by atoms with Gasteiger partial charge in [-0.05, 0) is 58.9 Å². The zero-order chi connectivity index (χ0) is 20.2. The summed E-state index contributed by atoms with van der Waals surface area (Å²) in [5.74, 6) is -0.366. The Hall–Kier alpha value is -2.61. The second kappa shape index (κ2) is 7.96. The van der Waals surface area contributed by atoms with Gasteiger partial charge in [0.1, 0.15) is 11.1 Å². The fraction of sp³-hybridized carbons (Fsp3) is 0.526. The number of likely N-dealkylation sites (tertiary alicyclic amines) is 1. The van der Waals surface area contributed by atoms with Gasteiger partial charge in [0.2, 0.25) is 6.41 Å². The number of ether oxygens (including phenoxy) is 1. The van der Waals surface area contributed by atoms with Gasteiger partial charge < -0.3 is 20.7 Å². The number of anilines is 2. The number of hydrogen-bond donors (Lipinski definition) is 2. The summed E-state index contributed by atoms with van der Waals surface area (Å²) < 4.78 is 5.39. The number of carbonyl (C=O) groups is 3. The average molecular weight is 376 g/mol. The number of likely N-dealkylation sites (N-methyl/N-ethyl adjacent to an activating group) is 1. The van der Waals surface area contributed by atoms with Gasteiger partial charge in [0.05, 0.1) is 5.69 Å². The van der Waals surface area contributed by atoms with Crippen LogP contribution in [-0.4, -0.2) is 54.6 Å². The summed E-state index contributed by atoms with van der Waals surface area (Å²) in [6.07, 6.45) is 0.835. The maximum atomic E-state index is 13.2. The number of rotatable bonds is 4. The van der Waals surface area contributed by atoms with Crippen molar-refractivity contribution < 1.29 is 19.1 Å². The van der Waals surface area contributed by atoms with E-state index in [1.165, 1.54) is 0 Å². The van der Waals surface area contributed by atoms with E-state index in [0.29, 0.717) is 43.7 Å². The van der Waals surface area contributed by atoms with Crippen molar-refractivity contribution in [2.24, 2.45) is 0 Å². The molecule has 3 N–H and O–H groups in total. The topological polar surface area (TPSA) is 105 Å². The molecular formula is C19H28N4O4. The van der Waals surface area contributed by atoms with Crippen LogP contribution in [0, 0.1) is 0 Å². The number of amides is 3. The Morgan fingerprint density at radius 1 is 1.30 bits per heavy atom. The molecular weight excluding hydrogens is 348 g/mol. The zero-order valence-electron chi connectivity index (χ0n) is 16.3. The highest BCUT2D eigenvalue weighted by Gasteiger charge is 2.44. The molecule has 0 radical (unpaired) electrons. The molecule has 1 aliphatic heterocycles. The molecule has 1 aliphatic rings. The van der Waals surface area contributed by atoms with Gasteiger partial charge in [-0.2, -0.15) is 0 Å². The van der Waals surface area contributed by atoms with E-state index in [0.717, 1.165) is 4.90 Å². The van der Waals surface area contributed by atoms with E-state index < -0.39 is 17.2 Å². The van der Waals surface area contributed by atoms with E-state index in [4.69, 9.17) is 10.5 Å². The van der Waals surface area contributed by atoms with Crippen molar-refractivity contribution in [1.82, 2.24) is 10.2 Å². The van der Waals surface area contributed by atoms with Crippen LogP contribution in [0.4, 0.5) is 16.2 Å². The first kappa shape index (κ1) is 20.7. The highest BCUT2D eigenvalue weighted by molar-refractivity contribution is 6.11. The molecule has 0 bridgehead atoms. The summed E-state index contributed by atoms with van der Waals surface area (Å²) in [5.41, 5.74) is 5.13. The second-order valence-electron chi connectivity index (χ2n) is 7.68. The van der Waals surface area contributed by atoms with Crippen LogP contribution in [0.3, 0.4) is 0 Å². The van der Waals surface area contributed by atoms with Crippen LogP contribution in [0.1, 0.15) is 33.6 Å². The summed E-state index contributed by atoms with van der Waals surface area (Å²) in [4.78, 5) is 39.7. The molecule has 2 rings (SSSR count). The lowest BCUT2D eigenvalue weighted by Gasteiger charge is -2.42. The first-order valence-electron chi connectivity index (χ1n) is 8.93. The summed E-state index contributed by atoms with van der Waals surface area (Å²) in [7, 11) is 1.68. The van der Waals surface area contributed by atoms with Gasteiger partial charge in [-0.1, -0.05) is 6.07 Å². The van der Waals surface area contributed by atoms with Gasteiger partial charge in [0.15, 0.2) is 0 Å². The third-order valence-corrected chi connectivity index (χ3v) is 4.63. The van der Waals surface area contributed by atoms with Crippen molar-refractivity contribution in [2.75, 3.05) is 30.8 Å². The third kappa shape index (κ3) is 4.77. The van der Waals surface area contributed by atoms with Crippen LogP contribution in [0.25, 0.3) is 0 Å². The minimum Gasteiger partial charge on any atom is -0.444 e. The Morgan fingerprint density at radius 3 is 2.41 bits per heavy atom. The standard InChI is InChI=1S/C19H28N4O4/c1-18(2,3)27-17(26)22-10-8-19(21-4,9-11-22)16(25)23(13-24)15-7-5-6-14(20)12-15/h5-7,12-13,21H,8-11,20H2,1-4H3. The number of carbonyl (C=O) groups excluding carboxylic acids is 3. The minimum absolute atomic E-state index is 0.352. The summed E-state index contributed by atoms with van der Waals surface area (Å²) in [6, 6.07) is 6.60. The quantitative estimate of drug-likeness (QED) is 0.613. The first-order valence-corrected chi connectivity index (χ1v) is 8.93. The smallest absolute Gasteiger partial charge is 0.410 e. The Labute approximate surface area is 159 Å². The van der Waals surface area contributed by atoms with Gasteiger partial charge in [-0.3, -0.25) is 14.5 Å². The molecule has 8 nitrogen and oxygen atoms in total. The first-order chi connectivity index (χ1) is 12.6. The molecule has 0 spiro atoms. The van der Waals surface area contributed by atoms with Crippen molar-refractivity contribution in [3.8, 4) is 0 Å². The van der Waals surface area contributed by atoms with Crippen molar-refractivity contribution in [2.45, 2.75) is 44.8 Å². The lowest BCUT2D eigenvalue weighted by Crippen LogP contribution is -2.62. The SMILES string of the molecule is CNC1(C(=O)N(C=O)c2cccc(N)c2)CCN(C(=O)OC(C)(C)C)CC1. The van der Waals surface area contributed by atoms with Gasteiger partial charge >= 0.3 is 6.09 Å². The number of hydrogen-bond acceptors (Lipinski definition) is 6. The van der Waals surface area contributed by atoms with Gasteiger partial charge in [0.25, 0.3) is 5.91 Å². The molecule has 1 fully saturated rings. The molecule has 27 heavy (non-hydrogen) atoms. The van der Waals surface area contributed by atoms with E-state index in [9.17, 15) is 14.4 Å². The molecule has 148 valence electrons. The number of nitrogen functional groups attached to an aromatic ring is 1. The van der Waals surface area contributed by atoms with E-state index in [1.54, 1.807) is 36.2 Å².